The number of aliphatic hydroxyl groups excluding tert-OH is 1. The topological polar surface area (TPSA) is 61.8 Å². The minimum Gasteiger partial charge on any atom is -0.393 e. The number of benzene rings is 1. The third kappa shape index (κ3) is 5.16. The first-order chi connectivity index (χ1) is 10.6. The highest BCUT2D eigenvalue weighted by Crippen LogP contribution is 2.13. The number of amides is 2. The maximum Gasteiger partial charge on any atom is 0.317 e. The molecule has 0 saturated carbocycles. The van der Waals surface area contributed by atoms with Crippen LogP contribution in [0.3, 0.4) is 0 Å². The summed E-state index contributed by atoms with van der Waals surface area (Å²) < 4.78 is 5.40. The van der Waals surface area contributed by atoms with Crippen molar-refractivity contribution in [1.82, 2.24) is 10.2 Å². The van der Waals surface area contributed by atoms with E-state index in [0.29, 0.717) is 37.7 Å². The molecule has 2 amide bonds. The molecule has 122 valence electrons. The molecule has 0 bridgehead atoms. The fourth-order valence-electron chi connectivity index (χ4n) is 2.58. The summed E-state index contributed by atoms with van der Waals surface area (Å²) in [7, 11) is 0. The maximum atomic E-state index is 12.3. The van der Waals surface area contributed by atoms with Crippen LogP contribution in [0.5, 0.6) is 0 Å². The number of urea groups is 1. The molecule has 0 radical (unpaired) electrons. The molecule has 1 aliphatic heterocycles. The summed E-state index contributed by atoms with van der Waals surface area (Å²) >= 11 is 5.85. The minimum atomic E-state index is -0.448. The molecule has 0 aliphatic carbocycles. The van der Waals surface area contributed by atoms with E-state index in [1.54, 1.807) is 11.8 Å². The lowest BCUT2D eigenvalue weighted by atomic mass is 10.1. The van der Waals surface area contributed by atoms with Crippen LogP contribution in [0, 0.1) is 0 Å². The highest BCUT2D eigenvalue weighted by atomic mass is 35.5. The number of carbonyl (C=O) groups excluding carboxylic acids is 1. The van der Waals surface area contributed by atoms with Crippen molar-refractivity contribution < 1.29 is 14.6 Å². The summed E-state index contributed by atoms with van der Waals surface area (Å²) in [5.74, 6) is 0. The largest absolute Gasteiger partial charge is 0.393 e. The first-order valence-corrected chi connectivity index (χ1v) is 7.99. The molecule has 1 heterocycles. The normalized spacial score (nSPS) is 19.8. The number of nitrogens with zero attached hydrogens (tertiary/aromatic N) is 1. The molecule has 6 heteroatoms. The van der Waals surface area contributed by atoms with Gasteiger partial charge in [0, 0.05) is 18.1 Å². The number of carbonyl (C=O) groups is 1. The Hall–Kier alpha value is -1.30. The number of ether oxygens (including phenoxy) is 1. The van der Waals surface area contributed by atoms with Crippen molar-refractivity contribution >= 4 is 17.6 Å². The molecule has 2 atom stereocenters. The Morgan fingerprint density at radius 2 is 2.23 bits per heavy atom. The predicted molar refractivity (Wildman–Crippen MR) is 86.2 cm³/mol. The molecule has 2 rings (SSSR count). The zero-order valence-electron chi connectivity index (χ0n) is 12.8. The van der Waals surface area contributed by atoms with Crippen LogP contribution in [0.15, 0.2) is 24.3 Å². The molecular weight excluding hydrogens is 304 g/mol. The first kappa shape index (κ1) is 17.1. The van der Waals surface area contributed by atoms with Gasteiger partial charge in [0.15, 0.2) is 0 Å². The summed E-state index contributed by atoms with van der Waals surface area (Å²) in [6, 6.07) is 7.45. The van der Waals surface area contributed by atoms with E-state index in [9.17, 15) is 9.90 Å². The van der Waals surface area contributed by atoms with Crippen LogP contribution in [0.2, 0.25) is 5.02 Å². The van der Waals surface area contributed by atoms with Gasteiger partial charge < -0.3 is 20.1 Å². The molecule has 1 saturated heterocycles. The second-order valence-corrected chi connectivity index (χ2v) is 6.05. The average Bonchev–Trinajstić information content (AvgIpc) is 2.49. The fraction of sp³-hybridized carbons (Fsp3) is 0.562. The van der Waals surface area contributed by atoms with Crippen molar-refractivity contribution in [3.8, 4) is 0 Å². The summed E-state index contributed by atoms with van der Waals surface area (Å²) in [4.78, 5) is 14.1. The van der Waals surface area contributed by atoms with Crippen molar-refractivity contribution in [2.75, 3.05) is 26.3 Å². The quantitative estimate of drug-likeness (QED) is 0.870. The second-order valence-electron chi connectivity index (χ2n) is 5.62. The predicted octanol–water partition coefficient (Wildman–Crippen LogP) is 2.06. The summed E-state index contributed by atoms with van der Waals surface area (Å²) in [5.41, 5.74) is 1.13. The minimum absolute atomic E-state index is 0.0655. The van der Waals surface area contributed by atoms with E-state index < -0.39 is 6.10 Å². The SMILES string of the molecule is C[C@H](O)C[C@@H]1COCCN1C(=O)NCCc1ccc(Cl)cc1. The third-order valence-corrected chi connectivity index (χ3v) is 3.96. The average molecular weight is 327 g/mol. The van der Waals surface area contributed by atoms with Crippen LogP contribution in [0.25, 0.3) is 0 Å². The van der Waals surface area contributed by atoms with Crippen LogP contribution >= 0.6 is 11.6 Å². The maximum absolute atomic E-state index is 12.3. The Balaban J connectivity index is 1.80. The van der Waals surface area contributed by atoms with Gasteiger partial charge in [0.2, 0.25) is 0 Å². The van der Waals surface area contributed by atoms with E-state index in [4.69, 9.17) is 16.3 Å². The zero-order chi connectivity index (χ0) is 15.9. The Kier molecular flexibility index (Phi) is 6.49. The van der Waals surface area contributed by atoms with Crippen LogP contribution in [-0.2, 0) is 11.2 Å². The van der Waals surface area contributed by atoms with E-state index in [0.717, 1.165) is 12.0 Å². The molecule has 1 fully saturated rings. The van der Waals surface area contributed by atoms with Crippen LogP contribution in [-0.4, -0.2) is 54.5 Å². The molecule has 0 unspecified atom stereocenters. The van der Waals surface area contributed by atoms with E-state index >= 15 is 0 Å². The summed E-state index contributed by atoms with van der Waals surface area (Å²) in [6.07, 6.45) is 0.843. The molecule has 22 heavy (non-hydrogen) atoms. The van der Waals surface area contributed by atoms with Crippen molar-refractivity contribution in [2.24, 2.45) is 0 Å². The summed E-state index contributed by atoms with van der Waals surface area (Å²) in [6.45, 7) is 3.88. The van der Waals surface area contributed by atoms with Crippen LogP contribution < -0.4 is 5.32 Å². The van der Waals surface area contributed by atoms with Crippen LogP contribution in [0.1, 0.15) is 18.9 Å². The molecule has 2 N–H and O–H groups in total. The molecule has 1 aliphatic rings. The molecule has 1 aromatic carbocycles. The van der Waals surface area contributed by atoms with Crippen molar-refractivity contribution in [1.29, 1.82) is 0 Å². The third-order valence-electron chi connectivity index (χ3n) is 3.70. The molecule has 5 nitrogen and oxygen atoms in total. The Bertz CT molecular complexity index is 479. The van der Waals surface area contributed by atoms with Gasteiger partial charge in [-0.05, 0) is 37.5 Å². The van der Waals surface area contributed by atoms with E-state index in [2.05, 4.69) is 5.32 Å². The fourth-order valence-corrected chi connectivity index (χ4v) is 2.70. The van der Waals surface area contributed by atoms with Crippen LogP contribution in [0.4, 0.5) is 4.79 Å². The van der Waals surface area contributed by atoms with Crippen molar-refractivity contribution in [3.63, 3.8) is 0 Å². The Morgan fingerprint density at radius 3 is 2.91 bits per heavy atom. The van der Waals surface area contributed by atoms with Gasteiger partial charge >= 0.3 is 6.03 Å². The Labute approximate surface area is 136 Å². The van der Waals surface area contributed by atoms with E-state index in [1.165, 1.54) is 0 Å². The molecule has 1 aromatic rings. The van der Waals surface area contributed by atoms with Crippen molar-refractivity contribution in [2.45, 2.75) is 31.9 Å². The second kappa shape index (κ2) is 8.36. The highest BCUT2D eigenvalue weighted by molar-refractivity contribution is 6.30. The van der Waals surface area contributed by atoms with Gasteiger partial charge in [0.05, 0.1) is 25.4 Å². The zero-order valence-corrected chi connectivity index (χ0v) is 13.6. The lowest BCUT2D eigenvalue weighted by Crippen LogP contribution is -2.53. The number of halogens is 1. The number of rotatable bonds is 5. The molecule has 0 spiro atoms. The van der Waals surface area contributed by atoms with Gasteiger partial charge in [-0.1, -0.05) is 23.7 Å². The van der Waals surface area contributed by atoms with E-state index in [1.807, 2.05) is 24.3 Å². The molecule has 0 aromatic heterocycles. The van der Waals surface area contributed by atoms with Gasteiger partial charge in [-0.15, -0.1) is 0 Å². The Morgan fingerprint density at radius 1 is 1.50 bits per heavy atom. The monoisotopic (exact) mass is 326 g/mol. The number of hydrogen-bond donors (Lipinski definition) is 2. The standard InChI is InChI=1S/C16H23ClN2O3/c1-12(20)10-15-11-22-9-8-19(15)16(21)18-7-6-13-2-4-14(17)5-3-13/h2-5,12,15,20H,6-11H2,1H3,(H,18,21)/t12-,15+/m0/s1. The van der Waals surface area contributed by atoms with Gasteiger partial charge in [0.25, 0.3) is 0 Å². The van der Waals surface area contributed by atoms with Gasteiger partial charge in [0.1, 0.15) is 0 Å². The smallest absolute Gasteiger partial charge is 0.317 e. The summed E-state index contributed by atoms with van der Waals surface area (Å²) in [5, 5.41) is 13.2. The van der Waals surface area contributed by atoms with Gasteiger partial charge in [-0.2, -0.15) is 0 Å². The van der Waals surface area contributed by atoms with Gasteiger partial charge in [-0.25, -0.2) is 4.79 Å². The van der Waals surface area contributed by atoms with Crippen molar-refractivity contribution in [3.05, 3.63) is 34.9 Å². The number of morpholine rings is 1. The number of aliphatic hydroxyl groups is 1. The van der Waals surface area contributed by atoms with Gasteiger partial charge in [-0.3, -0.25) is 0 Å². The molecular formula is C16H23ClN2O3. The number of nitrogens with one attached hydrogen (secondary N) is 1. The number of hydrogen-bond acceptors (Lipinski definition) is 3. The highest BCUT2D eigenvalue weighted by Gasteiger charge is 2.27. The lowest BCUT2D eigenvalue weighted by molar-refractivity contribution is -0.00425. The lowest BCUT2D eigenvalue weighted by Gasteiger charge is -2.36. The van der Waals surface area contributed by atoms with E-state index in [-0.39, 0.29) is 12.1 Å². The first-order valence-electron chi connectivity index (χ1n) is 7.61.